The Morgan fingerprint density at radius 2 is 1.81 bits per heavy atom. The van der Waals surface area contributed by atoms with E-state index in [4.69, 9.17) is 4.74 Å². The molecular weight excluding hydrogens is 350 g/mol. The van der Waals surface area contributed by atoms with Gasteiger partial charge in [-0.1, -0.05) is 23.8 Å². The third-order valence-corrected chi connectivity index (χ3v) is 4.52. The number of aromatic nitrogens is 1. The number of ether oxygens (including phenoxy) is 1. The van der Waals surface area contributed by atoms with Crippen molar-refractivity contribution in [3.05, 3.63) is 59.9 Å². The highest BCUT2D eigenvalue weighted by atomic mass is 35.5. The Morgan fingerprint density at radius 3 is 2.46 bits per heavy atom. The lowest BCUT2D eigenvalue weighted by molar-refractivity contribution is -0.135. The molecule has 0 atom stereocenters. The summed E-state index contributed by atoms with van der Waals surface area (Å²) in [5.41, 5.74) is 2.30. The first-order valence-electron chi connectivity index (χ1n) is 8.80. The molecule has 3 rings (SSSR count). The minimum atomic E-state index is 0. The average molecular weight is 376 g/mol. The van der Waals surface area contributed by atoms with Crippen LogP contribution in [0.1, 0.15) is 11.3 Å². The van der Waals surface area contributed by atoms with E-state index in [9.17, 15) is 4.79 Å². The van der Waals surface area contributed by atoms with Gasteiger partial charge in [-0.3, -0.25) is 14.7 Å². The highest BCUT2D eigenvalue weighted by Gasteiger charge is 2.21. The average Bonchev–Trinajstić information content (AvgIpc) is 2.67. The molecule has 0 N–H and O–H groups in total. The van der Waals surface area contributed by atoms with E-state index in [-0.39, 0.29) is 24.9 Å². The van der Waals surface area contributed by atoms with Gasteiger partial charge in [-0.15, -0.1) is 12.4 Å². The summed E-state index contributed by atoms with van der Waals surface area (Å²) in [4.78, 5) is 20.9. The molecule has 1 aliphatic heterocycles. The number of benzene rings is 1. The second-order valence-electron chi connectivity index (χ2n) is 6.40. The second-order valence-corrected chi connectivity index (χ2v) is 6.40. The summed E-state index contributed by atoms with van der Waals surface area (Å²) in [6.45, 7) is 6.46. The van der Waals surface area contributed by atoms with Gasteiger partial charge in [0, 0.05) is 51.0 Å². The van der Waals surface area contributed by atoms with E-state index in [0.29, 0.717) is 0 Å². The van der Waals surface area contributed by atoms with Crippen molar-refractivity contribution in [2.75, 3.05) is 39.3 Å². The number of halogens is 1. The zero-order valence-electron chi connectivity index (χ0n) is 15.1. The molecule has 1 amide bonds. The maximum atomic E-state index is 12.3. The normalized spacial score (nSPS) is 14.6. The van der Waals surface area contributed by atoms with Gasteiger partial charge in [0.2, 0.25) is 0 Å². The van der Waals surface area contributed by atoms with Crippen molar-refractivity contribution in [3.63, 3.8) is 0 Å². The fourth-order valence-corrected chi connectivity index (χ4v) is 2.91. The number of aryl methyl sites for hydroxylation is 1. The third-order valence-electron chi connectivity index (χ3n) is 4.52. The number of piperazine rings is 1. The lowest BCUT2D eigenvalue weighted by Gasteiger charge is -2.34. The molecule has 0 unspecified atom stereocenters. The molecule has 0 aliphatic carbocycles. The number of hydrogen-bond acceptors (Lipinski definition) is 4. The Labute approximate surface area is 161 Å². The molecule has 0 spiro atoms. The summed E-state index contributed by atoms with van der Waals surface area (Å²) in [5, 5.41) is 0. The van der Waals surface area contributed by atoms with E-state index in [1.54, 1.807) is 0 Å². The van der Waals surface area contributed by atoms with Crippen LogP contribution in [0, 0.1) is 6.92 Å². The van der Waals surface area contributed by atoms with Gasteiger partial charge in [0.05, 0.1) is 0 Å². The maximum absolute atomic E-state index is 12.3. The molecular formula is C20H26ClN3O2. The minimum Gasteiger partial charge on any atom is -0.484 e. The fourth-order valence-electron chi connectivity index (χ4n) is 2.91. The standard InChI is InChI=1S/C20H25N3O2.ClH/c1-17-5-7-19(8-6-17)25-16-20(24)23-14-12-22(13-15-23)11-9-18-4-2-3-10-21-18;/h2-8,10H,9,11-16H2,1H3;1H. The van der Waals surface area contributed by atoms with Crippen LogP contribution in [0.3, 0.4) is 0 Å². The van der Waals surface area contributed by atoms with Gasteiger partial charge in [-0.2, -0.15) is 0 Å². The Kier molecular flexibility index (Phi) is 7.88. The maximum Gasteiger partial charge on any atom is 0.260 e. The Bertz CT molecular complexity index is 671. The first-order chi connectivity index (χ1) is 12.2. The van der Waals surface area contributed by atoms with Crippen molar-refractivity contribution < 1.29 is 9.53 Å². The molecule has 5 nitrogen and oxygen atoms in total. The summed E-state index contributed by atoms with van der Waals surface area (Å²) in [5.74, 6) is 0.804. The number of amides is 1. The minimum absolute atomic E-state index is 0. The van der Waals surface area contributed by atoms with Crippen LogP contribution in [0.2, 0.25) is 0 Å². The van der Waals surface area contributed by atoms with Crippen molar-refractivity contribution in [1.82, 2.24) is 14.8 Å². The molecule has 140 valence electrons. The molecule has 1 aromatic heterocycles. The number of pyridine rings is 1. The predicted octanol–water partition coefficient (Wildman–Crippen LogP) is 2.58. The van der Waals surface area contributed by atoms with E-state index >= 15 is 0 Å². The monoisotopic (exact) mass is 375 g/mol. The molecule has 0 bridgehead atoms. The Balaban J connectivity index is 0.00000243. The van der Waals surface area contributed by atoms with Crippen molar-refractivity contribution in [1.29, 1.82) is 0 Å². The summed E-state index contributed by atoms with van der Waals surface area (Å²) in [7, 11) is 0. The highest BCUT2D eigenvalue weighted by Crippen LogP contribution is 2.12. The van der Waals surface area contributed by atoms with Crippen LogP contribution in [0.25, 0.3) is 0 Å². The molecule has 0 saturated carbocycles. The van der Waals surface area contributed by atoms with Crippen molar-refractivity contribution >= 4 is 18.3 Å². The number of nitrogens with zero attached hydrogens (tertiary/aromatic N) is 3. The van der Waals surface area contributed by atoms with E-state index < -0.39 is 0 Å². The van der Waals surface area contributed by atoms with Gasteiger partial charge in [0.25, 0.3) is 5.91 Å². The van der Waals surface area contributed by atoms with E-state index in [2.05, 4.69) is 16.0 Å². The smallest absolute Gasteiger partial charge is 0.260 e. The van der Waals surface area contributed by atoms with Gasteiger partial charge in [-0.05, 0) is 31.2 Å². The predicted molar refractivity (Wildman–Crippen MR) is 105 cm³/mol. The number of hydrogen-bond donors (Lipinski definition) is 0. The molecule has 0 radical (unpaired) electrons. The molecule has 26 heavy (non-hydrogen) atoms. The first-order valence-corrected chi connectivity index (χ1v) is 8.80. The fraction of sp³-hybridized carbons (Fsp3) is 0.400. The van der Waals surface area contributed by atoms with Gasteiger partial charge in [0.1, 0.15) is 5.75 Å². The highest BCUT2D eigenvalue weighted by molar-refractivity contribution is 5.85. The number of carbonyl (C=O) groups excluding carboxylic acids is 1. The zero-order chi connectivity index (χ0) is 17.5. The molecule has 2 heterocycles. The Morgan fingerprint density at radius 1 is 1.08 bits per heavy atom. The van der Waals surface area contributed by atoms with Gasteiger partial charge >= 0.3 is 0 Å². The molecule has 1 saturated heterocycles. The lowest BCUT2D eigenvalue weighted by Crippen LogP contribution is -2.50. The van der Waals surface area contributed by atoms with Gasteiger partial charge < -0.3 is 9.64 Å². The molecule has 2 aromatic rings. The number of rotatable bonds is 6. The van der Waals surface area contributed by atoms with Crippen LogP contribution in [0.5, 0.6) is 5.75 Å². The van der Waals surface area contributed by atoms with Gasteiger partial charge in [-0.25, -0.2) is 0 Å². The quantitative estimate of drug-likeness (QED) is 0.778. The van der Waals surface area contributed by atoms with Crippen molar-refractivity contribution in [2.24, 2.45) is 0 Å². The third kappa shape index (κ3) is 6.00. The summed E-state index contributed by atoms with van der Waals surface area (Å²) < 4.78 is 5.60. The van der Waals surface area contributed by atoms with E-state index in [0.717, 1.165) is 50.6 Å². The first kappa shape index (κ1) is 20.2. The van der Waals surface area contributed by atoms with Crippen LogP contribution in [0.4, 0.5) is 0 Å². The van der Waals surface area contributed by atoms with Crippen molar-refractivity contribution in [2.45, 2.75) is 13.3 Å². The van der Waals surface area contributed by atoms with Gasteiger partial charge in [0.15, 0.2) is 6.61 Å². The summed E-state index contributed by atoms with van der Waals surface area (Å²) >= 11 is 0. The molecule has 6 heteroatoms. The molecule has 1 fully saturated rings. The summed E-state index contributed by atoms with van der Waals surface area (Å²) in [6, 6.07) is 13.8. The zero-order valence-corrected chi connectivity index (χ0v) is 16.0. The lowest BCUT2D eigenvalue weighted by atomic mass is 10.2. The summed E-state index contributed by atoms with van der Waals surface area (Å²) in [6.07, 6.45) is 2.78. The van der Waals surface area contributed by atoms with E-state index in [1.165, 1.54) is 5.56 Å². The van der Waals surface area contributed by atoms with Crippen molar-refractivity contribution in [3.8, 4) is 5.75 Å². The van der Waals surface area contributed by atoms with Crippen LogP contribution >= 0.6 is 12.4 Å². The van der Waals surface area contributed by atoms with Crippen LogP contribution in [-0.2, 0) is 11.2 Å². The topological polar surface area (TPSA) is 45.7 Å². The Hall–Kier alpha value is -2.11. The van der Waals surface area contributed by atoms with Crippen LogP contribution in [-0.4, -0.2) is 60.0 Å². The molecule has 1 aliphatic rings. The molecule has 1 aromatic carbocycles. The van der Waals surface area contributed by atoms with E-state index in [1.807, 2.05) is 54.4 Å². The van der Waals surface area contributed by atoms with Crippen LogP contribution < -0.4 is 4.74 Å². The largest absolute Gasteiger partial charge is 0.484 e. The SMILES string of the molecule is Cc1ccc(OCC(=O)N2CCN(CCc3ccccn3)CC2)cc1.Cl. The second kappa shape index (κ2) is 10.1. The number of carbonyl (C=O) groups is 1. The van der Waals surface area contributed by atoms with Crippen LogP contribution in [0.15, 0.2) is 48.7 Å².